The Balaban J connectivity index is 1.96. The fourth-order valence-electron chi connectivity index (χ4n) is 4.55. The summed E-state index contributed by atoms with van der Waals surface area (Å²) in [6.07, 6.45) is 4.87. The smallest absolute Gasteiger partial charge is 0.306 e. The van der Waals surface area contributed by atoms with E-state index in [0.717, 1.165) is 17.5 Å². The number of carbonyl (C=O) groups is 1. The Morgan fingerprint density at radius 2 is 2.22 bits per heavy atom. The van der Waals surface area contributed by atoms with Crippen molar-refractivity contribution in [2.24, 2.45) is 5.92 Å². The Hall–Kier alpha value is -2.01. The highest BCUT2D eigenvalue weighted by Gasteiger charge is 2.61. The summed E-state index contributed by atoms with van der Waals surface area (Å²) in [5.74, 6) is 1.17. The van der Waals surface area contributed by atoms with Gasteiger partial charge < -0.3 is 19.3 Å². The maximum absolute atomic E-state index is 12.2. The van der Waals surface area contributed by atoms with E-state index in [4.69, 9.17) is 14.2 Å². The van der Waals surface area contributed by atoms with E-state index in [2.05, 4.69) is 12.2 Å². The Morgan fingerprint density at radius 3 is 2.96 bits per heavy atom. The fraction of sp³-hybridized carbons (Fsp3) is 0.500. The van der Waals surface area contributed by atoms with Crippen molar-refractivity contribution in [3.8, 4) is 11.5 Å². The van der Waals surface area contributed by atoms with Crippen LogP contribution in [0.2, 0.25) is 0 Å². The van der Waals surface area contributed by atoms with Gasteiger partial charge in [-0.25, -0.2) is 0 Å². The van der Waals surface area contributed by atoms with Gasteiger partial charge in [0.25, 0.3) is 0 Å². The number of allylic oxidation sites excluding steroid dienone is 1. The Labute approximate surface area is 134 Å². The molecule has 0 spiro atoms. The molecule has 5 nitrogen and oxygen atoms in total. The topological polar surface area (TPSA) is 65.0 Å². The van der Waals surface area contributed by atoms with Crippen LogP contribution in [0.15, 0.2) is 18.2 Å². The van der Waals surface area contributed by atoms with Crippen LogP contribution in [-0.4, -0.2) is 37.5 Å². The number of carbonyl (C=O) groups excluding carboxylic acids is 1. The lowest BCUT2D eigenvalue weighted by Gasteiger charge is -2.47. The number of esters is 1. The molecule has 1 N–H and O–H groups in total. The summed E-state index contributed by atoms with van der Waals surface area (Å²) in [4.78, 5) is 12.2. The van der Waals surface area contributed by atoms with Crippen LogP contribution >= 0.6 is 0 Å². The third-order valence-corrected chi connectivity index (χ3v) is 5.55. The molecule has 0 radical (unpaired) electrons. The lowest BCUT2D eigenvalue weighted by atomic mass is 9.56. The number of rotatable bonds is 3. The maximum atomic E-state index is 12.2. The van der Waals surface area contributed by atoms with E-state index < -0.39 is 17.6 Å². The molecule has 0 saturated heterocycles. The van der Waals surface area contributed by atoms with E-state index in [1.165, 1.54) is 7.11 Å². The maximum Gasteiger partial charge on any atom is 0.306 e. The summed E-state index contributed by atoms with van der Waals surface area (Å²) in [6, 6.07) is 3.85. The molecule has 2 aliphatic carbocycles. The van der Waals surface area contributed by atoms with E-state index >= 15 is 0 Å². The first kappa shape index (κ1) is 14.6. The van der Waals surface area contributed by atoms with Gasteiger partial charge in [-0.3, -0.25) is 4.79 Å². The predicted molar refractivity (Wildman–Crippen MR) is 83.5 cm³/mol. The fourth-order valence-corrected chi connectivity index (χ4v) is 4.55. The number of aliphatic hydroxyl groups excluding tert-OH is 1. The van der Waals surface area contributed by atoms with Gasteiger partial charge in [-0.1, -0.05) is 18.2 Å². The molecule has 4 rings (SSSR count). The lowest BCUT2D eigenvalue weighted by molar-refractivity contribution is -0.145. The van der Waals surface area contributed by atoms with Crippen LogP contribution in [0.1, 0.15) is 30.4 Å². The molecule has 0 bridgehead atoms. The SMILES string of the molecule is COC(=O)C[C@]12c3c4ccc(OC)c3O[C@H]1[C@H](O)CC[C@H]2C=C4. The lowest BCUT2D eigenvalue weighted by Crippen LogP contribution is -2.55. The first-order valence-corrected chi connectivity index (χ1v) is 7.93. The van der Waals surface area contributed by atoms with Crippen LogP contribution in [0.3, 0.4) is 0 Å². The largest absolute Gasteiger partial charge is 0.493 e. The van der Waals surface area contributed by atoms with Crippen LogP contribution in [-0.2, 0) is 14.9 Å². The first-order valence-electron chi connectivity index (χ1n) is 7.93. The van der Waals surface area contributed by atoms with Crippen molar-refractivity contribution in [2.45, 2.75) is 36.9 Å². The van der Waals surface area contributed by atoms with E-state index in [1.807, 2.05) is 12.1 Å². The van der Waals surface area contributed by atoms with E-state index in [1.54, 1.807) is 7.11 Å². The minimum atomic E-state index is -0.604. The molecular weight excluding hydrogens is 296 g/mol. The van der Waals surface area contributed by atoms with Crippen LogP contribution in [0, 0.1) is 5.92 Å². The summed E-state index contributed by atoms with van der Waals surface area (Å²) in [7, 11) is 3.00. The highest BCUT2D eigenvalue weighted by molar-refractivity contribution is 5.77. The molecule has 23 heavy (non-hydrogen) atoms. The van der Waals surface area contributed by atoms with E-state index in [9.17, 15) is 9.90 Å². The number of ether oxygens (including phenoxy) is 3. The molecule has 3 aliphatic rings. The summed E-state index contributed by atoms with van der Waals surface area (Å²) in [6.45, 7) is 0. The third kappa shape index (κ3) is 1.80. The van der Waals surface area contributed by atoms with Crippen molar-refractivity contribution in [1.29, 1.82) is 0 Å². The molecule has 1 aliphatic heterocycles. The minimum Gasteiger partial charge on any atom is -0.493 e. The van der Waals surface area contributed by atoms with Crippen LogP contribution in [0.5, 0.6) is 11.5 Å². The van der Waals surface area contributed by atoms with Crippen LogP contribution < -0.4 is 9.47 Å². The number of benzene rings is 1. The van der Waals surface area contributed by atoms with Gasteiger partial charge in [-0.15, -0.1) is 0 Å². The molecule has 0 amide bonds. The van der Waals surface area contributed by atoms with Crippen LogP contribution in [0.25, 0.3) is 6.08 Å². The quantitative estimate of drug-likeness (QED) is 0.865. The second-order valence-corrected chi connectivity index (χ2v) is 6.50. The number of hydrogen-bond donors (Lipinski definition) is 1. The Kier molecular flexibility index (Phi) is 3.17. The molecule has 1 heterocycles. The minimum absolute atomic E-state index is 0.149. The van der Waals surface area contributed by atoms with Gasteiger partial charge in [0.1, 0.15) is 6.10 Å². The van der Waals surface area contributed by atoms with Gasteiger partial charge in [-0.05, 0) is 30.4 Å². The van der Waals surface area contributed by atoms with Gasteiger partial charge in [0.05, 0.1) is 32.2 Å². The molecule has 1 fully saturated rings. The van der Waals surface area contributed by atoms with Crippen molar-refractivity contribution in [3.05, 3.63) is 29.3 Å². The zero-order chi connectivity index (χ0) is 16.2. The van der Waals surface area contributed by atoms with Gasteiger partial charge >= 0.3 is 5.97 Å². The average Bonchev–Trinajstić information content (AvgIpc) is 2.91. The Bertz CT molecular complexity index is 695. The van der Waals surface area contributed by atoms with Crippen molar-refractivity contribution < 1.29 is 24.1 Å². The molecule has 0 unspecified atom stereocenters. The summed E-state index contributed by atoms with van der Waals surface area (Å²) in [5.41, 5.74) is 1.44. The van der Waals surface area contributed by atoms with Crippen molar-refractivity contribution in [1.82, 2.24) is 0 Å². The van der Waals surface area contributed by atoms with Gasteiger partial charge in [-0.2, -0.15) is 0 Å². The number of methoxy groups -OCH3 is 2. The molecule has 4 atom stereocenters. The predicted octanol–water partition coefficient (Wildman–Crippen LogP) is 2.05. The van der Waals surface area contributed by atoms with Gasteiger partial charge in [0.2, 0.25) is 0 Å². The third-order valence-electron chi connectivity index (χ3n) is 5.55. The molecule has 5 heteroatoms. The normalized spacial score (nSPS) is 32.9. The molecule has 1 saturated carbocycles. The van der Waals surface area contributed by atoms with E-state index in [-0.39, 0.29) is 18.3 Å². The second kappa shape index (κ2) is 4.99. The van der Waals surface area contributed by atoms with Gasteiger partial charge in [0, 0.05) is 5.56 Å². The van der Waals surface area contributed by atoms with Crippen molar-refractivity contribution >= 4 is 12.0 Å². The molecular formula is C18H20O5. The molecule has 1 aromatic carbocycles. The van der Waals surface area contributed by atoms with Gasteiger partial charge in [0.15, 0.2) is 11.5 Å². The number of hydrogen-bond acceptors (Lipinski definition) is 5. The second-order valence-electron chi connectivity index (χ2n) is 6.50. The highest BCUT2D eigenvalue weighted by Crippen LogP contribution is 2.60. The van der Waals surface area contributed by atoms with Crippen molar-refractivity contribution in [3.63, 3.8) is 0 Å². The van der Waals surface area contributed by atoms with E-state index in [0.29, 0.717) is 17.9 Å². The molecule has 1 aromatic rings. The molecule has 122 valence electrons. The Morgan fingerprint density at radius 1 is 1.39 bits per heavy atom. The first-order chi connectivity index (χ1) is 11.1. The average molecular weight is 316 g/mol. The zero-order valence-electron chi connectivity index (χ0n) is 13.2. The highest BCUT2D eigenvalue weighted by atomic mass is 16.5. The van der Waals surface area contributed by atoms with Crippen LogP contribution in [0.4, 0.5) is 0 Å². The summed E-state index contributed by atoms with van der Waals surface area (Å²) >= 11 is 0. The zero-order valence-corrected chi connectivity index (χ0v) is 13.2. The molecule has 0 aromatic heterocycles. The number of aliphatic hydroxyl groups is 1. The summed E-state index contributed by atoms with van der Waals surface area (Å²) in [5, 5.41) is 10.6. The van der Waals surface area contributed by atoms with Crippen molar-refractivity contribution in [2.75, 3.05) is 14.2 Å². The summed E-state index contributed by atoms with van der Waals surface area (Å²) < 4.78 is 16.5. The standard InChI is InChI=1S/C18H20O5/c1-21-13-8-4-10-3-5-11-6-7-12(19)17-18(11,9-14(20)22-2)15(10)16(13)23-17/h3-5,8,11-12,17,19H,6-7,9H2,1-2H3/t11-,12-,17+,18+/m1/s1. The monoisotopic (exact) mass is 316 g/mol.